The summed E-state index contributed by atoms with van der Waals surface area (Å²) < 4.78 is 36.0. The van der Waals surface area contributed by atoms with E-state index in [0.717, 1.165) is 36.0 Å². The van der Waals surface area contributed by atoms with Crippen molar-refractivity contribution >= 4 is 21.9 Å². The highest BCUT2D eigenvalue weighted by Crippen LogP contribution is 2.62. The van der Waals surface area contributed by atoms with Gasteiger partial charge < -0.3 is 9.64 Å². The van der Waals surface area contributed by atoms with Gasteiger partial charge in [-0.15, -0.1) is 0 Å². The van der Waals surface area contributed by atoms with E-state index in [0.29, 0.717) is 28.5 Å². The van der Waals surface area contributed by atoms with Gasteiger partial charge in [0.1, 0.15) is 12.3 Å². The van der Waals surface area contributed by atoms with Crippen LogP contribution < -0.4 is 9.46 Å². The van der Waals surface area contributed by atoms with E-state index in [2.05, 4.69) is 33.5 Å². The molecule has 41 heavy (non-hydrogen) atoms. The van der Waals surface area contributed by atoms with E-state index in [9.17, 15) is 13.2 Å². The maximum Gasteiger partial charge on any atom is 0.281 e. The second kappa shape index (κ2) is 10.1. The lowest BCUT2D eigenvalue weighted by atomic mass is 9.75. The number of fused-ring (bicyclic) bond motifs is 4. The van der Waals surface area contributed by atoms with Gasteiger partial charge in [-0.3, -0.25) is 4.79 Å². The number of sulfonamides is 1. The maximum absolute atomic E-state index is 14.1. The highest BCUT2D eigenvalue weighted by atomic mass is 32.2. The molecule has 0 radical (unpaired) electrons. The molecule has 2 aliphatic carbocycles. The zero-order valence-corrected chi connectivity index (χ0v) is 25.1. The minimum atomic E-state index is -4.20. The van der Waals surface area contributed by atoms with Crippen LogP contribution in [0.15, 0.2) is 41.4 Å². The van der Waals surface area contributed by atoms with E-state index in [1.165, 1.54) is 18.9 Å². The van der Waals surface area contributed by atoms with Gasteiger partial charge in [-0.05, 0) is 87.5 Å². The molecule has 0 saturated heterocycles. The molecule has 6 rings (SSSR count). The standard InChI is InChI=1S/C31H37N5O4S/c1-18(2)14-22-17-40-28-21(5)27(26-19(3)8-6-9-20(26)4)33-30(34-28)35-41(38,39)25-11-7-10-24(32-25)29(37)36(22)23-15-31(16-23)12-13-31/h6-11,18,22-23H,12-17H2,1-5H3,(H,33,34,35)/t22-/m1/s1. The Kier molecular flexibility index (Phi) is 6.79. The highest BCUT2D eigenvalue weighted by Gasteiger charge is 2.56. The Hall–Kier alpha value is -3.53. The molecule has 216 valence electrons. The molecule has 9 nitrogen and oxygen atoms in total. The van der Waals surface area contributed by atoms with Crippen molar-refractivity contribution in [3.63, 3.8) is 0 Å². The number of aromatic nitrogens is 3. The quantitative estimate of drug-likeness (QED) is 0.440. The molecule has 1 aliphatic heterocycles. The predicted octanol–water partition coefficient (Wildman–Crippen LogP) is 5.46. The first-order valence-corrected chi connectivity index (χ1v) is 15.9. The number of aryl methyl sites for hydroxylation is 2. The molecular formula is C31H37N5O4S. The molecule has 2 saturated carbocycles. The minimum Gasteiger partial charge on any atom is -0.475 e. The van der Waals surface area contributed by atoms with Crippen molar-refractivity contribution in [2.24, 2.45) is 11.3 Å². The van der Waals surface area contributed by atoms with Crippen molar-refractivity contribution in [1.82, 2.24) is 19.9 Å². The lowest BCUT2D eigenvalue weighted by molar-refractivity contribution is 0.00865. The van der Waals surface area contributed by atoms with Gasteiger partial charge in [0.15, 0.2) is 5.03 Å². The second-order valence-corrected chi connectivity index (χ2v) is 14.1. The fraction of sp³-hybridized carbons (Fsp3) is 0.484. The summed E-state index contributed by atoms with van der Waals surface area (Å²) in [6, 6.07) is 10.3. The summed E-state index contributed by atoms with van der Waals surface area (Å²) in [7, 11) is -4.20. The number of carbonyl (C=O) groups excluding carboxylic acids is 1. The molecular weight excluding hydrogens is 538 g/mol. The molecule has 0 unspecified atom stereocenters. The molecule has 1 aromatic carbocycles. The number of nitrogens with zero attached hydrogens (tertiary/aromatic N) is 4. The van der Waals surface area contributed by atoms with Crippen molar-refractivity contribution in [3.8, 4) is 17.1 Å². The molecule has 3 aliphatic rings. The number of anilines is 1. The van der Waals surface area contributed by atoms with E-state index in [-0.39, 0.29) is 41.3 Å². The van der Waals surface area contributed by atoms with Crippen molar-refractivity contribution in [2.75, 3.05) is 11.3 Å². The van der Waals surface area contributed by atoms with Gasteiger partial charge in [0, 0.05) is 17.2 Å². The molecule has 3 aromatic rings. The molecule has 1 amide bonds. The Balaban J connectivity index is 1.51. The fourth-order valence-corrected chi connectivity index (χ4v) is 7.35. The first-order chi connectivity index (χ1) is 19.5. The Morgan fingerprint density at radius 3 is 2.37 bits per heavy atom. The molecule has 3 heterocycles. The molecule has 1 atom stereocenters. The van der Waals surface area contributed by atoms with Gasteiger partial charge >= 0.3 is 0 Å². The summed E-state index contributed by atoms with van der Waals surface area (Å²) in [6.45, 7) is 10.4. The number of carbonyl (C=O) groups is 1. The summed E-state index contributed by atoms with van der Waals surface area (Å²) in [5, 5.41) is -0.254. The van der Waals surface area contributed by atoms with Crippen LogP contribution >= 0.6 is 0 Å². The summed E-state index contributed by atoms with van der Waals surface area (Å²) in [4.78, 5) is 29.6. The monoisotopic (exact) mass is 575 g/mol. The predicted molar refractivity (Wildman–Crippen MR) is 156 cm³/mol. The molecule has 1 spiro atoms. The van der Waals surface area contributed by atoms with Crippen LogP contribution in [0.4, 0.5) is 5.95 Å². The van der Waals surface area contributed by atoms with Crippen molar-refractivity contribution < 1.29 is 17.9 Å². The average molecular weight is 576 g/mol. The van der Waals surface area contributed by atoms with Gasteiger partial charge in [-0.2, -0.15) is 13.4 Å². The maximum atomic E-state index is 14.1. The molecule has 4 bridgehead atoms. The summed E-state index contributed by atoms with van der Waals surface area (Å²) in [6.07, 6.45) is 5.06. The SMILES string of the molecule is Cc1cccc(C)c1-c1nc2nc(c1C)OC[C@@H](CC(C)C)N(C1CC3(CC3)C1)C(=O)c1cccc(n1)S(=O)(=O)N2. The van der Waals surface area contributed by atoms with Crippen LogP contribution in [-0.4, -0.2) is 52.9 Å². The van der Waals surface area contributed by atoms with Crippen LogP contribution in [0.5, 0.6) is 5.88 Å². The zero-order valence-electron chi connectivity index (χ0n) is 24.3. The van der Waals surface area contributed by atoms with Gasteiger partial charge in [-0.1, -0.05) is 38.1 Å². The Labute approximate surface area is 241 Å². The Morgan fingerprint density at radius 1 is 1.02 bits per heavy atom. The topological polar surface area (TPSA) is 114 Å². The number of hydrogen-bond acceptors (Lipinski definition) is 7. The van der Waals surface area contributed by atoms with Gasteiger partial charge in [0.2, 0.25) is 11.8 Å². The van der Waals surface area contributed by atoms with Crippen LogP contribution in [0.3, 0.4) is 0 Å². The van der Waals surface area contributed by atoms with E-state index in [1.807, 2.05) is 43.9 Å². The third-order valence-corrected chi connectivity index (χ3v) is 9.96. The van der Waals surface area contributed by atoms with E-state index < -0.39 is 10.0 Å². The summed E-state index contributed by atoms with van der Waals surface area (Å²) >= 11 is 0. The number of benzene rings is 1. The highest BCUT2D eigenvalue weighted by molar-refractivity contribution is 7.92. The van der Waals surface area contributed by atoms with E-state index in [1.54, 1.807) is 12.1 Å². The molecule has 10 heteroatoms. The van der Waals surface area contributed by atoms with Crippen molar-refractivity contribution in [2.45, 2.75) is 83.8 Å². The number of nitrogens with one attached hydrogen (secondary N) is 1. The normalized spacial score (nSPS) is 21.3. The average Bonchev–Trinajstić information content (AvgIpc) is 3.69. The molecule has 2 aromatic heterocycles. The van der Waals surface area contributed by atoms with E-state index in [4.69, 9.17) is 4.74 Å². The smallest absolute Gasteiger partial charge is 0.281 e. The molecule has 1 N–H and O–H groups in total. The third-order valence-electron chi connectivity index (χ3n) is 8.73. The van der Waals surface area contributed by atoms with Crippen LogP contribution in [0.2, 0.25) is 0 Å². The number of hydrogen-bond donors (Lipinski definition) is 1. The lowest BCUT2D eigenvalue weighted by Gasteiger charge is -2.47. The number of amides is 1. The van der Waals surface area contributed by atoms with Crippen LogP contribution in [0.25, 0.3) is 11.3 Å². The zero-order chi connectivity index (χ0) is 29.1. The minimum absolute atomic E-state index is 0.0647. The van der Waals surface area contributed by atoms with Crippen molar-refractivity contribution in [1.29, 1.82) is 0 Å². The summed E-state index contributed by atoms with van der Waals surface area (Å²) in [5.74, 6) is 0.232. The van der Waals surface area contributed by atoms with Crippen LogP contribution in [0.1, 0.15) is 73.1 Å². The second-order valence-electron chi connectivity index (χ2n) is 12.4. The Bertz CT molecular complexity index is 1610. The first-order valence-electron chi connectivity index (χ1n) is 14.4. The van der Waals surface area contributed by atoms with Gasteiger partial charge in [-0.25, -0.2) is 14.7 Å². The third kappa shape index (κ3) is 5.18. The number of ether oxygens (including phenoxy) is 1. The lowest BCUT2D eigenvalue weighted by Crippen LogP contribution is -2.55. The summed E-state index contributed by atoms with van der Waals surface area (Å²) in [5.41, 5.74) is 4.71. The number of pyridine rings is 1. The Morgan fingerprint density at radius 2 is 1.71 bits per heavy atom. The van der Waals surface area contributed by atoms with Crippen LogP contribution in [-0.2, 0) is 10.0 Å². The largest absolute Gasteiger partial charge is 0.475 e. The van der Waals surface area contributed by atoms with E-state index >= 15 is 0 Å². The molecule has 2 fully saturated rings. The first kappa shape index (κ1) is 27.6. The fourth-order valence-electron chi connectivity index (χ4n) is 6.43. The van der Waals surface area contributed by atoms with Crippen LogP contribution in [0, 0.1) is 32.1 Å². The van der Waals surface area contributed by atoms with Gasteiger partial charge in [0.25, 0.3) is 15.9 Å². The van der Waals surface area contributed by atoms with Gasteiger partial charge in [0.05, 0.1) is 11.7 Å². The van der Waals surface area contributed by atoms with Crippen molar-refractivity contribution in [3.05, 3.63) is 58.8 Å². The number of rotatable bonds is 4.